The number of benzene rings is 1. The molecule has 0 unspecified atom stereocenters. The summed E-state index contributed by atoms with van der Waals surface area (Å²) in [4.78, 5) is 5.63. The van der Waals surface area contributed by atoms with Crippen molar-refractivity contribution in [1.29, 1.82) is 0 Å². The molecule has 0 bridgehead atoms. The van der Waals surface area contributed by atoms with Crippen molar-refractivity contribution in [3.63, 3.8) is 0 Å². The minimum absolute atomic E-state index is 0.616. The highest BCUT2D eigenvalue weighted by Crippen LogP contribution is 2.44. The Morgan fingerprint density at radius 1 is 1.21 bits per heavy atom. The van der Waals surface area contributed by atoms with E-state index in [1.165, 1.54) is 10.4 Å². The van der Waals surface area contributed by atoms with Crippen LogP contribution in [0.25, 0.3) is 11.3 Å². The fourth-order valence-electron chi connectivity index (χ4n) is 2.38. The molecule has 5 heteroatoms. The molecule has 0 radical (unpaired) electrons. The van der Waals surface area contributed by atoms with E-state index < -0.39 is 0 Å². The minimum Gasteiger partial charge on any atom is -0.490 e. The van der Waals surface area contributed by atoms with E-state index in [0.29, 0.717) is 18.3 Å². The third-order valence-electron chi connectivity index (χ3n) is 3.09. The largest absolute Gasteiger partial charge is 0.490 e. The van der Waals surface area contributed by atoms with E-state index in [2.05, 4.69) is 11.1 Å². The summed E-state index contributed by atoms with van der Waals surface area (Å²) in [5.74, 6) is 1.59. The number of rotatable bonds is 4. The number of aromatic nitrogens is 1. The third-order valence-corrected chi connectivity index (χ3v) is 3.97. The standard InChI is InChI=1S/C14H16N2O2S/c1-3-17-10-5-8-6-12-13(16-14(15)19-12)9(8)7-11(10)18-4-2/h5,7H,3-4,6H2,1-2H3,(H2,15,16). The average Bonchev–Trinajstić information content (AvgIpc) is 2.87. The Morgan fingerprint density at radius 3 is 2.58 bits per heavy atom. The number of nitrogens with zero attached hydrogens (tertiary/aromatic N) is 1. The molecule has 1 aliphatic rings. The van der Waals surface area contributed by atoms with Crippen LogP contribution in [0.4, 0.5) is 5.13 Å². The van der Waals surface area contributed by atoms with Crippen molar-refractivity contribution < 1.29 is 9.47 Å². The first-order valence-corrected chi connectivity index (χ1v) is 7.22. The molecule has 100 valence electrons. The topological polar surface area (TPSA) is 57.4 Å². The number of nitrogen functional groups attached to an aromatic ring is 1. The van der Waals surface area contributed by atoms with Crippen LogP contribution in [-0.4, -0.2) is 18.2 Å². The Morgan fingerprint density at radius 2 is 1.89 bits per heavy atom. The predicted molar refractivity (Wildman–Crippen MR) is 77.1 cm³/mol. The zero-order valence-electron chi connectivity index (χ0n) is 11.0. The average molecular weight is 276 g/mol. The van der Waals surface area contributed by atoms with E-state index in [1.54, 1.807) is 11.3 Å². The van der Waals surface area contributed by atoms with Gasteiger partial charge in [-0.3, -0.25) is 0 Å². The number of nitrogens with two attached hydrogens (primary N) is 1. The smallest absolute Gasteiger partial charge is 0.180 e. The lowest BCUT2D eigenvalue weighted by atomic mass is 10.1. The monoisotopic (exact) mass is 276 g/mol. The molecule has 0 atom stereocenters. The van der Waals surface area contributed by atoms with Crippen molar-refractivity contribution in [2.45, 2.75) is 20.3 Å². The van der Waals surface area contributed by atoms with E-state index in [1.807, 2.05) is 19.9 Å². The maximum atomic E-state index is 5.77. The summed E-state index contributed by atoms with van der Waals surface area (Å²) in [6.07, 6.45) is 0.881. The van der Waals surface area contributed by atoms with Crippen LogP contribution in [-0.2, 0) is 6.42 Å². The summed E-state index contributed by atoms with van der Waals surface area (Å²) in [7, 11) is 0. The molecule has 0 saturated heterocycles. The summed E-state index contributed by atoms with van der Waals surface area (Å²) < 4.78 is 11.3. The summed E-state index contributed by atoms with van der Waals surface area (Å²) >= 11 is 1.56. The Balaban J connectivity index is 2.08. The summed E-state index contributed by atoms with van der Waals surface area (Å²) in [5.41, 5.74) is 9.13. The van der Waals surface area contributed by atoms with E-state index in [-0.39, 0.29) is 0 Å². The predicted octanol–water partition coefficient (Wildman–Crippen LogP) is 3.09. The first kappa shape index (κ1) is 12.3. The normalized spacial score (nSPS) is 12.1. The van der Waals surface area contributed by atoms with Gasteiger partial charge in [-0.05, 0) is 31.5 Å². The number of thiazole rings is 1. The van der Waals surface area contributed by atoms with Crippen molar-refractivity contribution >= 4 is 16.5 Å². The Labute approximate surface area is 116 Å². The Hall–Kier alpha value is -1.75. The van der Waals surface area contributed by atoms with Crippen LogP contribution < -0.4 is 15.2 Å². The van der Waals surface area contributed by atoms with Gasteiger partial charge in [0, 0.05) is 16.9 Å². The maximum absolute atomic E-state index is 5.77. The molecule has 1 aromatic carbocycles. The lowest BCUT2D eigenvalue weighted by Gasteiger charge is -2.13. The zero-order valence-corrected chi connectivity index (χ0v) is 11.8. The number of ether oxygens (including phenoxy) is 2. The van der Waals surface area contributed by atoms with Crippen LogP contribution in [0.2, 0.25) is 0 Å². The molecular formula is C14H16N2O2S. The van der Waals surface area contributed by atoms with Gasteiger partial charge in [-0.25, -0.2) is 4.98 Å². The van der Waals surface area contributed by atoms with Gasteiger partial charge in [-0.2, -0.15) is 0 Å². The molecule has 1 aromatic heterocycles. The van der Waals surface area contributed by atoms with E-state index >= 15 is 0 Å². The minimum atomic E-state index is 0.616. The Kier molecular flexibility index (Phi) is 3.06. The number of fused-ring (bicyclic) bond motifs is 3. The lowest BCUT2D eigenvalue weighted by Crippen LogP contribution is -1.99. The molecule has 0 saturated carbocycles. The third kappa shape index (κ3) is 2.04. The molecule has 0 amide bonds. The van der Waals surface area contributed by atoms with Gasteiger partial charge in [-0.1, -0.05) is 0 Å². The highest BCUT2D eigenvalue weighted by atomic mass is 32.1. The van der Waals surface area contributed by atoms with Gasteiger partial charge in [0.15, 0.2) is 16.6 Å². The van der Waals surface area contributed by atoms with Crippen molar-refractivity contribution in [2.24, 2.45) is 0 Å². The summed E-state index contributed by atoms with van der Waals surface area (Å²) in [5, 5.41) is 0.627. The molecule has 1 heterocycles. The van der Waals surface area contributed by atoms with Crippen LogP contribution in [0.3, 0.4) is 0 Å². The van der Waals surface area contributed by atoms with Gasteiger partial charge in [0.1, 0.15) is 0 Å². The van der Waals surface area contributed by atoms with Crippen LogP contribution in [0.15, 0.2) is 12.1 Å². The van der Waals surface area contributed by atoms with E-state index in [9.17, 15) is 0 Å². The van der Waals surface area contributed by atoms with E-state index in [0.717, 1.165) is 29.2 Å². The van der Waals surface area contributed by atoms with Gasteiger partial charge in [0.25, 0.3) is 0 Å². The van der Waals surface area contributed by atoms with Gasteiger partial charge in [0.2, 0.25) is 0 Å². The van der Waals surface area contributed by atoms with Crippen LogP contribution in [0.5, 0.6) is 11.5 Å². The first-order chi connectivity index (χ1) is 9.22. The molecule has 1 aliphatic carbocycles. The van der Waals surface area contributed by atoms with Crippen molar-refractivity contribution in [3.05, 3.63) is 22.6 Å². The summed E-state index contributed by atoms with van der Waals surface area (Å²) in [6, 6.07) is 4.09. The van der Waals surface area contributed by atoms with Crippen molar-refractivity contribution in [3.8, 4) is 22.8 Å². The highest BCUT2D eigenvalue weighted by molar-refractivity contribution is 7.15. The van der Waals surface area contributed by atoms with E-state index in [4.69, 9.17) is 15.2 Å². The molecule has 0 fully saturated rings. The molecule has 3 rings (SSSR count). The first-order valence-electron chi connectivity index (χ1n) is 6.41. The highest BCUT2D eigenvalue weighted by Gasteiger charge is 2.25. The second kappa shape index (κ2) is 4.74. The van der Waals surface area contributed by atoms with Gasteiger partial charge in [0.05, 0.1) is 18.9 Å². The SMILES string of the molecule is CCOc1cc2c(cc1OCC)-c1nc(N)sc1C2. The molecule has 0 aliphatic heterocycles. The second-order valence-corrected chi connectivity index (χ2v) is 5.44. The molecule has 2 N–H and O–H groups in total. The number of anilines is 1. The molecule has 0 spiro atoms. The van der Waals surface area contributed by atoms with Gasteiger partial charge < -0.3 is 15.2 Å². The Bertz CT molecular complexity index is 622. The fraction of sp³-hybridized carbons (Fsp3) is 0.357. The quantitative estimate of drug-likeness (QED) is 0.795. The molecule has 4 nitrogen and oxygen atoms in total. The summed E-state index contributed by atoms with van der Waals surface area (Å²) in [6.45, 7) is 5.19. The van der Waals surface area contributed by atoms with Crippen LogP contribution in [0, 0.1) is 0 Å². The molecular weight excluding hydrogens is 260 g/mol. The number of hydrogen-bond donors (Lipinski definition) is 1. The zero-order chi connectivity index (χ0) is 13.4. The second-order valence-electron chi connectivity index (χ2n) is 4.32. The van der Waals surface area contributed by atoms with Crippen LogP contribution in [0.1, 0.15) is 24.3 Å². The van der Waals surface area contributed by atoms with Gasteiger partial charge >= 0.3 is 0 Å². The maximum Gasteiger partial charge on any atom is 0.180 e. The lowest BCUT2D eigenvalue weighted by molar-refractivity contribution is 0.287. The van der Waals surface area contributed by atoms with Crippen molar-refractivity contribution in [2.75, 3.05) is 18.9 Å². The van der Waals surface area contributed by atoms with Crippen LogP contribution >= 0.6 is 11.3 Å². The van der Waals surface area contributed by atoms with Gasteiger partial charge in [-0.15, -0.1) is 11.3 Å². The fourth-order valence-corrected chi connectivity index (χ4v) is 3.25. The molecule has 19 heavy (non-hydrogen) atoms. The molecule has 2 aromatic rings. The number of hydrogen-bond acceptors (Lipinski definition) is 5. The van der Waals surface area contributed by atoms with Crippen molar-refractivity contribution in [1.82, 2.24) is 4.98 Å².